The summed E-state index contributed by atoms with van der Waals surface area (Å²) in [5, 5.41) is 5.78. The Balaban J connectivity index is 2.15. The van der Waals surface area contributed by atoms with E-state index in [2.05, 4.69) is 16.9 Å². The summed E-state index contributed by atoms with van der Waals surface area (Å²) >= 11 is 0. The van der Waals surface area contributed by atoms with E-state index in [1.165, 1.54) is 12.1 Å². The first-order valence-corrected chi connectivity index (χ1v) is 7.23. The first kappa shape index (κ1) is 11.6. The minimum atomic E-state index is -3.68. The van der Waals surface area contributed by atoms with Crippen LogP contribution in [0.2, 0.25) is 0 Å². The van der Waals surface area contributed by atoms with Crippen LogP contribution in [-0.4, -0.2) is 18.4 Å². The Morgan fingerprint density at radius 3 is 2.67 bits per heavy atom. The Bertz CT molecular complexity index is 736. The molecule has 5 nitrogen and oxygen atoms in total. The highest BCUT2D eigenvalue weighted by Crippen LogP contribution is 2.45. The zero-order chi connectivity index (χ0) is 13.0. The predicted molar refractivity (Wildman–Crippen MR) is 67.5 cm³/mol. The third-order valence-corrected chi connectivity index (χ3v) is 4.33. The summed E-state index contributed by atoms with van der Waals surface area (Å²) in [5.74, 6) is 0.832. The lowest BCUT2D eigenvalue weighted by atomic mass is 10.1. The highest BCUT2D eigenvalue weighted by atomic mass is 32.2. The zero-order valence-corrected chi connectivity index (χ0v) is 10.7. The zero-order valence-electron chi connectivity index (χ0n) is 9.92. The molecule has 2 aromatic rings. The van der Waals surface area contributed by atoms with E-state index in [1.807, 2.05) is 0 Å². The van der Waals surface area contributed by atoms with Crippen LogP contribution < -0.4 is 5.14 Å². The molecule has 6 heteroatoms. The first-order chi connectivity index (χ1) is 8.38. The fourth-order valence-corrected chi connectivity index (χ4v) is 2.44. The van der Waals surface area contributed by atoms with Crippen LogP contribution in [0.4, 0.5) is 0 Å². The summed E-state index contributed by atoms with van der Waals surface area (Å²) in [6.07, 6.45) is 3.87. The van der Waals surface area contributed by atoms with Gasteiger partial charge in [-0.15, -0.1) is 0 Å². The lowest BCUT2D eigenvalue weighted by molar-refractivity contribution is 0.598. The van der Waals surface area contributed by atoms with Gasteiger partial charge in [0.05, 0.1) is 10.4 Å². The largest absolute Gasteiger partial charge is 0.240 e. The van der Waals surface area contributed by atoms with Crippen molar-refractivity contribution < 1.29 is 8.42 Å². The van der Waals surface area contributed by atoms with Crippen molar-refractivity contribution in [1.29, 1.82) is 0 Å². The van der Waals surface area contributed by atoms with Gasteiger partial charge in [0.1, 0.15) is 5.82 Å². The van der Waals surface area contributed by atoms with Gasteiger partial charge in [-0.1, -0.05) is 6.92 Å². The summed E-state index contributed by atoms with van der Waals surface area (Å²) in [4.78, 5) is 8.89. The molecule has 0 atom stereocenters. The Labute approximate surface area is 105 Å². The van der Waals surface area contributed by atoms with E-state index in [4.69, 9.17) is 5.14 Å². The fourth-order valence-electron chi connectivity index (χ4n) is 1.89. The van der Waals surface area contributed by atoms with Crippen LogP contribution in [0.3, 0.4) is 0 Å². The van der Waals surface area contributed by atoms with Crippen LogP contribution in [0.1, 0.15) is 25.6 Å². The average Bonchev–Trinajstić information content (AvgIpc) is 3.06. The summed E-state index contributed by atoms with van der Waals surface area (Å²) in [5.41, 5.74) is 0.854. The number of hydrogen-bond acceptors (Lipinski definition) is 4. The van der Waals surface area contributed by atoms with Gasteiger partial charge in [0.25, 0.3) is 0 Å². The van der Waals surface area contributed by atoms with E-state index in [9.17, 15) is 8.42 Å². The molecule has 2 N–H and O–H groups in total. The van der Waals surface area contributed by atoms with Gasteiger partial charge in [-0.25, -0.2) is 23.5 Å². The molecule has 0 radical (unpaired) electrons. The molecule has 0 amide bonds. The Morgan fingerprint density at radius 2 is 2.06 bits per heavy atom. The lowest BCUT2D eigenvalue weighted by Crippen LogP contribution is -2.12. The van der Waals surface area contributed by atoms with Gasteiger partial charge in [0.15, 0.2) is 0 Å². The van der Waals surface area contributed by atoms with Gasteiger partial charge < -0.3 is 0 Å². The fraction of sp³-hybridized carbons (Fsp3) is 0.333. The number of hydrogen-bond donors (Lipinski definition) is 1. The quantitative estimate of drug-likeness (QED) is 0.885. The molecule has 0 aliphatic heterocycles. The van der Waals surface area contributed by atoms with Crippen molar-refractivity contribution in [2.75, 3.05) is 0 Å². The third kappa shape index (κ3) is 1.87. The molecule has 18 heavy (non-hydrogen) atoms. The molecular weight excluding hydrogens is 250 g/mol. The maximum atomic E-state index is 11.2. The van der Waals surface area contributed by atoms with Crippen molar-refractivity contribution in [2.24, 2.45) is 5.14 Å². The van der Waals surface area contributed by atoms with Crippen LogP contribution >= 0.6 is 0 Å². The Kier molecular flexibility index (Phi) is 2.24. The topological polar surface area (TPSA) is 85.9 Å². The van der Waals surface area contributed by atoms with Crippen molar-refractivity contribution in [1.82, 2.24) is 9.97 Å². The van der Waals surface area contributed by atoms with Crippen molar-refractivity contribution in [3.05, 3.63) is 30.2 Å². The molecule has 0 saturated heterocycles. The van der Waals surface area contributed by atoms with Crippen LogP contribution in [0.15, 0.2) is 29.3 Å². The van der Waals surface area contributed by atoms with Gasteiger partial charge in [0.2, 0.25) is 10.0 Å². The Morgan fingerprint density at radius 1 is 1.33 bits per heavy atom. The Hall–Kier alpha value is -1.53. The van der Waals surface area contributed by atoms with E-state index in [1.54, 1.807) is 12.3 Å². The van der Waals surface area contributed by atoms with E-state index in [-0.39, 0.29) is 10.3 Å². The van der Waals surface area contributed by atoms with Gasteiger partial charge in [-0.2, -0.15) is 0 Å². The summed E-state index contributed by atoms with van der Waals surface area (Å²) < 4.78 is 22.5. The smallest absolute Gasteiger partial charge is 0.238 e. The highest BCUT2D eigenvalue weighted by molar-refractivity contribution is 7.89. The second-order valence-electron chi connectivity index (χ2n) is 5.02. The van der Waals surface area contributed by atoms with Crippen LogP contribution in [0.25, 0.3) is 10.9 Å². The van der Waals surface area contributed by atoms with E-state index >= 15 is 0 Å². The number of rotatable bonds is 2. The van der Waals surface area contributed by atoms with Crippen molar-refractivity contribution in [3.8, 4) is 0 Å². The molecule has 0 unspecified atom stereocenters. The second kappa shape index (κ2) is 3.49. The number of primary sulfonamides is 1. The molecule has 1 heterocycles. The standard InChI is InChI=1S/C12H13N3O2S/c1-12(4-5-12)11-14-7-8-6-9(18(13,16)17)2-3-10(8)15-11/h2-3,6-7H,4-5H2,1H3,(H2,13,16,17). The maximum absolute atomic E-state index is 11.2. The first-order valence-electron chi connectivity index (χ1n) is 5.69. The van der Waals surface area contributed by atoms with Gasteiger partial charge >= 0.3 is 0 Å². The number of sulfonamides is 1. The molecule has 1 aliphatic rings. The number of nitrogens with two attached hydrogens (primary N) is 1. The molecule has 94 valence electrons. The normalized spacial score (nSPS) is 17.9. The van der Waals surface area contributed by atoms with Crippen molar-refractivity contribution in [3.63, 3.8) is 0 Å². The van der Waals surface area contributed by atoms with Crippen LogP contribution in [0.5, 0.6) is 0 Å². The molecule has 0 spiro atoms. The van der Waals surface area contributed by atoms with E-state index < -0.39 is 10.0 Å². The number of nitrogens with zero attached hydrogens (tertiary/aromatic N) is 2. The average molecular weight is 263 g/mol. The minimum Gasteiger partial charge on any atom is -0.240 e. The molecule has 3 rings (SSSR count). The number of fused-ring (bicyclic) bond motifs is 1. The minimum absolute atomic E-state index is 0.0870. The highest BCUT2D eigenvalue weighted by Gasteiger charge is 2.41. The molecule has 1 aliphatic carbocycles. The molecule has 1 fully saturated rings. The van der Waals surface area contributed by atoms with Gasteiger partial charge in [-0.3, -0.25) is 0 Å². The number of aromatic nitrogens is 2. The van der Waals surface area contributed by atoms with Crippen LogP contribution in [0, 0.1) is 0 Å². The third-order valence-electron chi connectivity index (χ3n) is 3.42. The van der Waals surface area contributed by atoms with Gasteiger partial charge in [-0.05, 0) is 31.0 Å². The summed E-state index contributed by atoms with van der Waals surface area (Å²) in [7, 11) is -3.68. The molecule has 1 saturated carbocycles. The van der Waals surface area contributed by atoms with Crippen molar-refractivity contribution >= 4 is 20.9 Å². The predicted octanol–water partition coefficient (Wildman–Crippen LogP) is 1.33. The molecule has 1 aromatic carbocycles. The SMILES string of the molecule is CC1(c2ncc3cc(S(N)(=O)=O)ccc3n2)CC1. The number of benzene rings is 1. The van der Waals surface area contributed by atoms with Crippen LogP contribution in [-0.2, 0) is 15.4 Å². The van der Waals surface area contributed by atoms with Gasteiger partial charge in [0, 0.05) is 17.0 Å². The molecular formula is C12H13N3O2S. The van der Waals surface area contributed by atoms with E-state index in [0.717, 1.165) is 24.2 Å². The molecule has 1 aromatic heterocycles. The van der Waals surface area contributed by atoms with E-state index in [0.29, 0.717) is 5.39 Å². The molecule has 0 bridgehead atoms. The summed E-state index contributed by atoms with van der Waals surface area (Å²) in [6, 6.07) is 4.65. The lowest BCUT2D eigenvalue weighted by Gasteiger charge is -2.07. The van der Waals surface area contributed by atoms with Crippen molar-refractivity contribution in [2.45, 2.75) is 30.1 Å². The second-order valence-corrected chi connectivity index (χ2v) is 6.58. The monoisotopic (exact) mass is 263 g/mol. The summed E-state index contributed by atoms with van der Waals surface area (Å²) in [6.45, 7) is 2.13. The maximum Gasteiger partial charge on any atom is 0.238 e.